The lowest BCUT2D eigenvalue weighted by Gasteiger charge is -2.46. The van der Waals surface area contributed by atoms with Crippen LogP contribution in [0.15, 0.2) is 0 Å². The van der Waals surface area contributed by atoms with E-state index in [2.05, 4.69) is 25.7 Å². The van der Waals surface area contributed by atoms with Crippen molar-refractivity contribution in [1.29, 1.82) is 0 Å². The number of hydrogen-bond acceptors (Lipinski definition) is 2. The summed E-state index contributed by atoms with van der Waals surface area (Å²) in [7, 11) is 0. The SMILES string of the molecule is CC(C)(C)C1CCCC(N2CCCCC2(C)C(=O)O)CC1. The molecule has 1 aliphatic carbocycles. The van der Waals surface area contributed by atoms with Gasteiger partial charge in [-0.15, -0.1) is 0 Å². The van der Waals surface area contributed by atoms with E-state index in [1.54, 1.807) is 0 Å². The zero-order valence-corrected chi connectivity index (χ0v) is 14.3. The number of rotatable bonds is 2. The van der Waals surface area contributed by atoms with Gasteiger partial charge in [-0.3, -0.25) is 9.69 Å². The average molecular weight is 295 g/mol. The molecule has 21 heavy (non-hydrogen) atoms. The topological polar surface area (TPSA) is 40.5 Å². The molecule has 3 unspecified atom stereocenters. The van der Waals surface area contributed by atoms with E-state index in [0.717, 1.165) is 31.7 Å². The number of aliphatic carboxylic acids is 1. The molecular formula is C18H33NO2. The molecule has 0 bridgehead atoms. The van der Waals surface area contributed by atoms with Gasteiger partial charge in [0.25, 0.3) is 0 Å². The summed E-state index contributed by atoms with van der Waals surface area (Å²) < 4.78 is 0. The van der Waals surface area contributed by atoms with Crippen LogP contribution in [-0.2, 0) is 4.79 Å². The number of carbonyl (C=O) groups is 1. The van der Waals surface area contributed by atoms with Gasteiger partial charge in [0.1, 0.15) is 5.54 Å². The highest BCUT2D eigenvalue weighted by Gasteiger charge is 2.44. The highest BCUT2D eigenvalue weighted by Crippen LogP contribution is 2.40. The molecule has 1 N–H and O–H groups in total. The van der Waals surface area contributed by atoms with Crippen LogP contribution in [0.4, 0.5) is 0 Å². The fourth-order valence-electron chi connectivity index (χ4n) is 4.42. The summed E-state index contributed by atoms with van der Waals surface area (Å²) >= 11 is 0. The van der Waals surface area contributed by atoms with Crippen LogP contribution in [0.25, 0.3) is 0 Å². The lowest BCUT2D eigenvalue weighted by atomic mass is 9.76. The molecule has 0 aromatic heterocycles. The van der Waals surface area contributed by atoms with Crippen molar-refractivity contribution >= 4 is 5.97 Å². The van der Waals surface area contributed by atoms with E-state index in [1.165, 1.54) is 32.1 Å². The zero-order chi connectivity index (χ0) is 15.7. The van der Waals surface area contributed by atoms with Crippen LogP contribution in [0.5, 0.6) is 0 Å². The highest BCUT2D eigenvalue weighted by molar-refractivity contribution is 5.78. The van der Waals surface area contributed by atoms with Crippen LogP contribution >= 0.6 is 0 Å². The summed E-state index contributed by atoms with van der Waals surface area (Å²) in [4.78, 5) is 14.1. The van der Waals surface area contributed by atoms with Crippen molar-refractivity contribution in [3.8, 4) is 0 Å². The van der Waals surface area contributed by atoms with E-state index < -0.39 is 11.5 Å². The number of piperidine rings is 1. The van der Waals surface area contributed by atoms with Gasteiger partial charge in [-0.05, 0) is 69.7 Å². The molecule has 2 rings (SSSR count). The predicted octanol–water partition coefficient (Wildman–Crippen LogP) is 4.31. The molecule has 1 heterocycles. The van der Waals surface area contributed by atoms with Crippen LogP contribution in [-0.4, -0.2) is 34.1 Å². The van der Waals surface area contributed by atoms with Gasteiger partial charge >= 0.3 is 5.97 Å². The van der Waals surface area contributed by atoms with Gasteiger partial charge in [-0.2, -0.15) is 0 Å². The molecule has 0 aromatic rings. The Morgan fingerprint density at radius 1 is 1.10 bits per heavy atom. The summed E-state index contributed by atoms with van der Waals surface area (Å²) in [6.07, 6.45) is 9.16. The normalized spacial score (nSPS) is 36.2. The lowest BCUT2D eigenvalue weighted by molar-refractivity contribution is -0.155. The molecule has 0 aromatic carbocycles. The molecule has 0 spiro atoms. The monoisotopic (exact) mass is 295 g/mol. The third-order valence-corrected chi connectivity index (χ3v) is 6.01. The largest absolute Gasteiger partial charge is 0.480 e. The van der Waals surface area contributed by atoms with Crippen molar-refractivity contribution in [2.75, 3.05) is 6.54 Å². The summed E-state index contributed by atoms with van der Waals surface area (Å²) in [6.45, 7) is 9.95. The fourth-order valence-corrected chi connectivity index (χ4v) is 4.42. The summed E-state index contributed by atoms with van der Waals surface area (Å²) in [5.74, 6) is 0.155. The first-order valence-corrected chi connectivity index (χ1v) is 8.75. The van der Waals surface area contributed by atoms with Gasteiger partial charge in [0.15, 0.2) is 0 Å². The maximum Gasteiger partial charge on any atom is 0.323 e. The molecule has 3 nitrogen and oxygen atoms in total. The van der Waals surface area contributed by atoms with Crippen LogP contribution in [0.2, 0.25) is 0 Å². The summed E-state index contributed by atoms with van der Waals surface area (Å²) in [5.41, 5.74) is -0.253. The quantitative estimate of drug-likeness (QED) is 0.772. The Hall–Kier alpha value is -0.570. The number of carboxylic acid groups (broad SMARTS) is 1. The second kappa shape index (κ2) is 6.28. The maximum atomic E-state index is 11.8. The Kier molecular flexibility index (Phi) is 5.02. The van der Waals surface area contributed by atoms with Gasteiger partial charge in [0.2, 0.25) is 0 Å². The van der Waals surface area contributed by atoms with E-state index in [4.69, 9.17) is 0 Å². The van der Waals surface area contributed by atoms with Crippen LogP contribution in [0.3, 0.4) is 0 Å². The van der Waals surface area contributed by atoms with Crippen molar-refractivity contribution < 1.29 is 9.90 Å². The Labute approximate surface area is 130 Å². The standard InChI is InChI=1S/C18H33NO2/c1-17(2,3)14-8-7-9-15(11-10-14)19-13-6-5-12-18(19,4)16(20)21/h14-15H,5-13H2,1-4H3,(H,20,21). The lowest BCUT2D eigenvalue weighted by Crippen LogP contribution is -2.58. The molecule has 1 aliphatic heterocycles. The molecule has 2 aliphatic rings. The van der Waals surface area contributed by atoms with Crippen molar-refractivity contribution in [3.05, 3.63) is 0 Å². The average Bonchev–Trinajstić information content (AvgIpc) is 2.64. The van der Waals surface area contributed by atoms with E-state index in [-0.39, 0.29) is 0 Å². The van der Waals surface area contributed by atoms with E-state index >= 15 is 0 Å². The second-order valence-corrected chi connectivity index (χ2v) is 8.45. The Morgan fingerprint density at radius 3 is 2.43 bits per heavy atom. The second-order valence-electron chi connectivity index (χ2n) is 8.45. The first kappa shape index (κ1) is 16.8. The number of carboxylic acids is 1. The van der Waals surface area contributed by atoms with Crippen LogP contribution < -0.4 is 0 Å². The van der Waals surface area contributed by atoms with Crippen molar-refractivity contribution in [2.45, 2.75) is 90.6 Å². The highest BCUT2D eigenvalue weighted by atomic mass is 16.4. The molecule has 1 saturated heterocycles. The maximum absolute atomic E-state index is 11.8. The van der Waals surface area contributed by atoms with Gasteiger partial charge in [0.05, 0.1) is 0 Å². The molecule has 3 heteroatoms. The van der Waals surface area contributed by atoms with E-state index in [1.807, 2.05) is 6.92 Å². The molecule has 0 radical (unpaired) electrons. The molecule has 122 valence electrons. The Balaban J connectivity index is 2.08. The summed E-state index contributed by atoms with van der Waals surface area (Å²) in [5, 5.41) is 9.71. The van der Waals surface area contributed by atoms with Gasteiger partial charge in [-0.1, -0.05) is 27.2 Å². The van der Waals surface area contributed by atoms with Crippen molar-refractivity contribution in [2.24, 2.45) is 11.3 Å². The third kappa shape index (κ3) is 3.61. The first-order chi connectivity index (χ1) is 9.75. The van der Waals surface area contributed by atoms with Crippen LogP contribution in [0, 0.1) is 11.3 Å². The Bertz CT molecular complexity index is 374. The number of nitrogens with zero attached hydrogens (tertiary/aromatic N) is 1. The van der Waals surface area contributed by atoms with Gasteiger partial charge in [-0.25, -0.2) is 0 Å². The minimum absolute atomic E-state index is 0.382. The minimum Gasteiger partial charge on any atom is -0.480 e. The smallest absolute Gasteiger partial charge is 0.323 e. The van der Waals surface area contributed by atoms with E-state index in [9.17, 15) is 9.90 Å². The number of hydrogen-bond donors (Lipinski definition) is 1. The Morgan fingerprint density at radius 2 is 1.81 bits per heavy atom. The van der Waals surface area contributed by atoms with Gasteiger partial charge in [0, 0.05) is 6.04 Å². The summed E-state index contributed by atoms with van der Waals surface area (Å²) in [6, 6.07) is 0.471. The fraction of sp³-hybridized carbons (Fsp3) is 0.944. The molecular weight excluding hydrogens is 262 g/mol. The molecule has 1 saturated carbocycles. The van der Waals surface area contributed by atoms with Crippen LogP contribution in [0.1, 0.15) is 79.1 Å². The minimum atomic E-state index is -0.634. The van der Waals surface area contributed by atoms with Gasteiger partial charge < -0.3 is 5.11 Å². The molecule has 3 atom stereocenters. The van der Waals surface area contributed by atoms with Crippen molar-refractivity contribution in [1.82, 2.24) is 4.90 Å². The predicted molar refractivity (Wildman–Crippen MR) is 86.4 cm³/mol. The van der Waals surface area contributed by atoms with E-state index in [0.29, 0.717) is 11.5 Å². The number of likely N-dealkylation sites (tertiary alicyclic amines) is 1. The molecule has 2 fully saturated rings. The third-order valence-electron chi connectivity index (χ3n) is 6.01. The zero-order valence-electron chi connectivity index (χ0n) is 14.3. The first-order valence-electron chi connectivity index (χ1n) is 8.75. The van der Waals surface area contributed by atoms with Crippen molar-refractivity contribution in [3.63, 3.8) is 0 Å². The molecule has 0 amide bonds.